The molecule has 2 amide bonds. The minimum absolute atomic E-state index is 0.0647. The van der Waals surface area contributed by atoms with Crippen molar-refractivity contribution >= 4 is 23.2 Å². The first-order valence-electron chi connectivity index (χ1n) is 10.8. The third-order valence-corrected chi connectivity index (χ3v) is 6.60. The Morgan fingerprint density at radius 3 is 2.33 bits per heavy atom. The fourth-order valence-corrected chi connectivity index (χ4v) is 4.94. The van der Waals surface area contributed by atoms with Crippen molar-refractivity contribution in [1.29, 1.82) is 0 Å². The van der Waals surface area contributed by atoms with E-state index in [4.69, 9.17) is 0 Å². The first kappa shape index (κ1) is 22.5. The summed E-state index contributed by atoms with van der Waals surface area (Å²) in [6.45, 7) is 5.67. The Bertz CT molecular complexity index is 843. The van der Waals surface area contributed by atoms with Gasteiger partial charge in [-0.3, -0.25) is 9.59 Å². The molecule has 0 N–H and O–H groups in total. The summed E-state index contributed by atoms with van der Waals surface area (Å²) in [7, 11) is 0. The van der Waals surface area contributed by atoms with E-state index in [-0.39, 0.29) is 30.1 Å². The second-order valence-electron chi connectivity index (χ2n) is 8.13. The molecule has 0 bridgehead atoms. The largest absolute Gasteiger partial charge is 0.333 e. The monoisotopic (exact) mass is 430 g/mol. The summed E-state index contributed by atoms with van der Waals surface area (Å²) >= 11 is 1.67. The van der Waals surface area contributed by atoms with E-state index in [2.05, 4.69) is 0 Å². The average molecular weight is 431 g/mol. The summed E-state index contributed by atoms with van der Waals surface area (Å²) in [6, 6.07) is 10.3. The molecule has 1 aliphatic rings. The summed E-state index contributed by atoms with van der Waals surface area (Å²) < 4.78 is 13.3. The Balaban J connectivity index is 1.74. The van der Waals surface area contributed by atoms with Crippen LogP contribution in [0.25, 0.3) is 0 Å². The number of hydrogen-bond donors (Lipinski definition) is 0. The van der Waals surface area contributed by atoms with Crippen LogP contribution in [0.5, 0.6) is 0 Å². The van der Waals surface area contributed by atoms with Crippen molar-refractivity contribution in [3.8, 4) is 0 Å². The Labute approximate surface area is 182 Å². The minimum atomic E-state index is -0.290. The quantitative estimate of drug-likeness (QED) is 0.552. The van der Waals surface area contributed by atoms with Gasteiger partial charge in [0.2, 0.25) is 11.8 Å². The van der Waals surface area contributed by atoms with Crippen LogP contribution >= 0.6 is 11.3 Å². The fraction of sp³-hybridized carbons (Fsp3) is 0.500. The van der Waals surface area contributed by atoms with E-state index >= 15 is 0 Å². The summed E-state index contributed by atoms with van der Waals surface area (Å²) in [5, 5.41) is 0. The van der Waals surface area contributed by atoms with E-state index in [1.807, 2.05) is 26.0 Å². The number of halogens is 1. The van der Waals surface area contributed by atoms with Crippen LogP contribution in [0.4, 0.5) is 4.39 Å². The molecule has 1 heterocycles. The van der Waals surface area contributed by atoms with Crippen molar-refractivity contribution < 1.29 is 14.0 Å². The maximum absolute atomic E-state index is 13.3. The average Bonchev–Trinajstić information content (AvgIpc) is 3.40. The third-order valence-electron chi connectivity index (χ3n) is 5.62. The van der Waals surface area contributed by atoms with Gasteiger partial charge in [-0.2, -0.15) is 0 Å². The van der Waals surface area contributed by atoms with E-state index in [9.17, 15) is 14.0 Å². The summed E-state index contributed by atoms with van der Waals surface area (Å²) in [5.74, 6) is -0.168. The van der Waals surface area contributed by atoms with E-state index < -0.39 is 0 Å². The van der Waals surface area contributed by atoms with Gasteiger partial charge in [0.05, 0.1) is 13.1 Å². The SMILES string of the molecule is CCCN(CC(=O)N(Cc1ccc(F)cc1)Cc1ccc(C)s1)C(=O)C1CCCC1. The second kappa shape index (κ2) is 10.7. The number of rotatable bonds is 9. The van der Waals surface area contributed by atoms with Crippen LogP contribution in [0, 0.1) is 18.7 Å². The number of carbonyl (C=O) groups is 2. The number of aryl methyl sites for hydroxylation is 1. The normalized spacial score (nSPS) is 14.1. The molecule has 1 aromatic heterocycles. The Morgan fingerprint density at radius 2 is 1.73 bits per heavy atom. The summed E-state index contributed by atoms with van der Waals surface area (Å²) in [4.78, 5) is 32.1. The highest BCUT2D eigenvalue weighted by atomic mass is 32.1. The highest BCUT2D eigenvalue weighted by Crippen LogP contribution is 2.27. The molecule has 6 heteroatoms. The molecule has 0 atom stereocenters. The Morgan fingerprint density at radius 1 is 1.03 bits per heavy atom. The highest BCUT2D eigenvalue weighted by Gasteiger charge is 2.29. The van der Waals surface area contributed by atoms with Crippen molar-refractivity contribution in [2.24, 2.45) is 5.92 Å². The molecule has 1 fully saturated rings. The van der Waals surface area contributed by atoms with E-state index in [0.717, 1.165) is 42.5 Å². The highest BCUT2D eigenvalue weighted by molar-refractivity contribution is 7.11. The van der Waals surface area contributed by atoms with Crippen molar-refractivity contribution in [2.75, 3.05) is 13.1 Å². The lowest BCUT2D eigenvalue weighted by atomic mass is 10.1. The zero-order chi connectivity index (χ0) is 21.5. The second-order valence-corrected chi connectivity index (χ2v) is 9.50. The molecule has 0 spiro atoms. The molecular weight excluding hydrogens is 399 g/mol. The molecule has 4 nitrogen and oxygen atoms in total. The molecular formula is C24H31FN2O2S. The van der Waals surface area contributed by atoms with Gasteiger partial charge in [-0.15, -0.1) is 11.3 Å². The molecule has 1 saturated carbocycles. The minimum Gasteiger partial charge on any atom is -0.333 e. The van der Waals surface area contributed by atoms with Crippen LogP contribution in [-0.2, 0) is 22.7 Å². The molecule has 0 saturated heterocycles. The Kier molecular flexibility index (Phi) is 8.02. The number of carbonyl (C=O) groups excluding carboxylic acids is 2. The van der Waals surface area contributed by atoms with Crippen LogP contribution in [0.15, 0.2) is 36.4 Å². The van der Waals surface area contributed by atoms with Crippen LogP contribution in [0.3, 0.4) is 0 Å². The van der Waals surface area contributed by atoms with E-state index in [0.29, 0.717) is 19.6 Å². The molecule has 3 rings (SSSR count). The lowest BCUT2D eigenvalue weighted by Gasteiger charge is -2.29. The maximum Gasteiger partial charge on any atom is 0.242 e. The topological polar surface area (TPSA) is 40.6 Å². The molecule has 0 radical (unpaired) electrons. The number of hydrogen-bond acceptors (Lipinski definition) is 3. The molecule has 1 aromatic carbocycles. The molecule has 2 aromatic rings. The predicted molar refractivity (Wildman–Crippen MR) is 119 cm³/mol. The van der Waals surface area contributed by atoms with Crippen molar-refractivity contribution in [3.63, 3.8) is 0 Å². The zero-order valence-corrected chi connectivity index (χ0v) is 18.7. The van der Waals surface area contributed by atoms with Gasteiger partial charge >= 0.3 is 0 Å². The van der Waals surface area contributed by atoms with Crippen LogP contribution in [0.1, 0.15) is 54.3 Å². The lowest BCUT2D eigenvalue weighted by Crippen LogP contribution is -2.44. The van der Waals surface area contributed by atoms with E-state index in [1.165, 1.54) is 17.0 Å². The van der Waals surface area contributed by atoms with Gasteiger partial charge in [0.1, 0.15) is 5.82 Å². The molecule has 162 valence electrons. The van der Waals surface area contributed by atoms with Gasteiger partial charge in [-0.25, -0.2) is 4.39 Å². The zero-order valence-electron chi connectivity index (χ0n) is 17.9. The number of amides is 2. The first-order chi connectivity index (χ1) is 14.5. The van der Waals surface area contributed by atoms with Crippen molar-refractivity contribution in [1.82, 2.24) is 9.80 Å². The van der Waals surface area contributed by atoms with Gasteiger partial charge in [-0.1, -0.05) is 31.9 Å². The summed E-state index contributed by atoms with van der Waals surface area (Å²) in [5.41, 5.74) is 0.877. The van der Waals surface area contributed by atoms with E-state index in [1.54, 1.807) is 33.3 Å². The predicted octanol–water partition coefficient (Wildman–Crippen LogP) is 5.15. The number of nitrogens with zero attached hydrogens (tertiary/aromatic N) is 2. The molecule has 30 heavy (non-hydrogen) atoms. The van der Waals surface area contributed by atoms with Crippen molar-refractivity contribution in [2.45, 2.75) is 59.0 Å². The first-order valence-corrected chi connectivity index (χ1v) is 11.6. The standard InChI is InChI=1S/C24H31FN2O2S/c1-3-14-26(24(29)20-6-4-5-7-20)17-23(28)27(16-22-13-8-18(2)30-22)15-19-9-11-21(25)12-10-19/h8-13,20H,3-7,14-17H2,1-2H3. The smallest absolute Gasteiger partial charge is 0.242 e. The van der Waals surface area contributed by atoms with Gasteiger partial charge in [0.25, 0.3) is 0 Å². The van der Waals surface area contributed by atoms with Gasteiger partial charge in [0, 0.05) is 28.8 Å². The van der Waals surface area contributed by atoms with Crippen LogP contribution in [-0.4, -0.2) is 34.7 Å². The van der Waals surface area contributed by atoms with Crippen LogP contribution < -0.4 is 0 Å². The fourth-order valence-electron chi connectivity index (χ4n) is 4.03. The maximum atomic E-state index is 13.3. The van der Waals surface area contributed by atoms with Gasteiger partial charge in [0.15, 0.2) is 0 Å². The number of benzene rings is 1. The molecule has 0 aliphatic heterocycles. The molecule has 1 aliphatic carbocycles. The third kappa shape index (κ3) is 6.14. The number of thiophene rings is 1. The van der Waals surface area contributed by atoms with Gasteiger partial charge < -0.3 is 9.80 Å². The Hall–Kier alpha value is -2.21. The van der Waals surface area contributed by atoms with Gasteiger partial charge in [-0.05, 0) is 56.0 Å². The van der Waals surface area contributed by atoms with Crippen LogP contribution in [0.2, 0.25) is 0 Å². The van der Waals surface area contributed by atoms with Crippen molar-refractivity contribution in [3.05, 3.63) is 57.5 Å². The summed E-state index contributed by atoms with van der Waals surface area (Å²) in [6.07, 6.45) is 4.88. The molecule has 0 unspecified atom stereocenters. The lowest BCUT2D eigenvalue weighted by molar-refractivity contribution is -0.143.